The molecule has 1 aromatic rings. The van der Waals surface area contributed by atoms with E-state index in [1.165, 1.54) is 18.4 Å². The van der Waals surface area contributed by atoms with Gasteiger partial charge in [-0.05, 0) is 31.4 Å². The van der Waals surface area contributed by atoms with E-state index in [4.69, 9.17) is 5.73 Å². The quantitative estimate of drug-likeness (QED) is 0.824. The average Bonchev–Trinajstić information content (AvgIpc) is 2.72. The van der Waals surface area contributed by atoms with Crippen molar-refractivity contribution < 1.29 is 0 Å². The highest BCUT2D eigenvalue weighted by molar-refractivity contribution is 5.85. The van der Waals surface area contributed by atoms with Crippen LogP contribution in [0, 0.1) is 0 Å². The van der Waals surface area contributed by atoms with Gasteiger partial charge in [0, 0.05) is 12.1 Å². The van der Waals surface area contributed by atoms with Crippen molar-refractivity contribution in [2.24, 2.45) is 5.73 Å². The molecule has 15 heavy (non-hydrogen) atoms. The van der Waals surface area contributed by atoms with Crippen LogP contribution in [0.4, 0.5) is 0 Å². The van der Waals surface area contributed by atoms with E-state index < -0.39 is 0 Å². The summed E-state index contributed by atoms with van der Waals surface area (Å²) in [5, 5.41) is 3.45. The van der Waals surface area contributed by atoms with Gasteiger partial charge in [0.2, 0.25) is 0 Å². The van der Waals surface area contributed by atoms with Gasteiger partial charge in [-0.2, -0.15) is 0 Å². The van der Waals surface area contributed by atoms with Crippen LogP contribution in [0.5, 0.6) is 0 Å². The third-order valence-electron chi connectivity index (χ3n) is 2.93. The molecule has 2 nitrogen and oxygen atoms in total. The average molecular weight is 227 g/mol. The topological polar surface area (TPSA) is 38.0 Å². The van der Waals surface area contributed by atoms with Crippen LogP contribution in [0.3, 0.4) is 0 Å². The first-order valence-electron chi connectivity index (χ1n) is 5.39. The molecule has 1 fully saturated rings. The van der Waals surface area contributed by atoms with Crippen LogP contribution in [0.2, 0.25) is 0 Å². The molecule has 1 aliphatic heterocycles. The number of halogens is 1. The highest BCUT2D eigenvalue weighted by Gasteiger charge is 2.20. The van der Waals surface area contributed by atoms with E-state index in [0.717, 1.165) is 13.0 Å². The third-order valence-corrected chi connectivity index (χ3v) is 2.93. The molecule has 1 aliphatic rings. The van der Waals surface area contributed by atoms with Gasteiger partial charge in [0.25, 0.3) is 0 Å². The molecule has 2 unspecified atom stereocenters. The van der Waals surface area contributed by atoms with E-state index in [1.54, 1.807) is 0 Å². The molecule has 0 saturated carbocycles. The Balaban J connectivity index is 0.00000112. The van der Waals surface area contributed by atoms with Gasteiger partial charge >= 0.3 is 0 Å². The highest BCUT2D eigenvalue weighted by Crippen LogP contribution is 2.11. The van der Waals surface area contributed by atoms with E-state index in [-0.39, 0.29) is 18.4 Å². The molecule has 84 valence electrons. The number of hydrogen-bond acceptors (Lipinski definition) is 2. The predicted molar refractivity (Wildman–Crippen MR) is 66.4 cm³/mol. The van der Waals surface area contributed by atoms with Crippen LogP contribution in [0.25, 0.3) is 0 Å². The highest BCUT2D eigenvalue weighted by atomic mass is 35.5. The number of hydrogen-bond donors (Lipinski definition) is 2. The van der Waals surface area contributed by atoms with E-state index in [2.05, 4.69) is 29.6 Å². The Kier molecular flexibility index (Phi) is 5.09. The summed E-state index contributed by atoms with van der Waals surface area (Å²) in [6, 6.07) is 11.3. The summed E-state index contributed by atoms with van der Waals surface area (Å²) in [4.78, 5) is 0. The fourth-order valence-electron chi connectivity index (χ4n) is 2.11. The van der Waals surface area contributed by atoms with Crippen molar-refractivity contribution in [1.29, 1.82) is 0 Å². The normalized spacial score (nSPS) is 22.1. The second-order valence-electron chi connectivity index (χ2n) is 4.06. The first-order chi connectivity index (χ1) is 6.86. The van der Waals surface area contributed by atoms with Crippen LogP contribution < -0.4 is 11.1 Å². The molecule has 3 N–H and O–H groups in total. The van der Waals surface area contributed by atoms with Crippen molar-refractivity contribution in [1.82, 2.24) is 5.32 Å². The van der Waals surface area contributed by atoms with Crippen LogP contribution in [0.1, 0.15) is 18.4 Å². The Hall–Kier alpha value is -0.570. The number of benzene rings is 1. The molecule has 0 amide bonds. The van der Waals surface area contributed by atoms with Crippen molar-refractivity contribution in [3.63, 3.8) is 0 Å². The summed E-state index contributed by atoms with van der Waals surface area (Å²) in [5.41, 5.74) is 7.49. The standard InChI is InChI=1S/C12H18N2.ClH/c13-11(12-7-4-8-14-12)9-10-5-2-1-3-6-10;/h1-3,5-6,11-12,14H,4,7-9,13H2;1H. The lowest BCUT2D eigenvalue weighted by Crippen LogP contribution is -2.42. The summed E-state index contributed by atoms with van der Waals surface area (Å²) in [5.74, 6) is 0. The molecule has 3 heteroatoms. The molecular formula is C12H19ClN2. The van der Waals surface area contributed by atoms with Crippen molar-refractivity contribution >= 4 is 12.4 Å². The maximum absolute atomic E-state index is 6.15. The van der Waals surface area contributed by atoms with Gasteiger partial charge in [0.15, 0.2) is 0 Å². The molecule has 0 radical (unpaired) electrons. The van der Waals surface area contributed by atoms with E-state index in [1.807, 2.05) is 6.07 Å². The van der Waals surface area contributed by atoms with Gasteiger partial charge in [0.1, 0.15) is 0 Å². The smallest absolute Gasteiger partial charge is 0.0235 e. The summed E-state index contributed by atoms with van der Waals surface area (Å²) in [7, 11) is 0. The van der Waals surface area contributed by atoms with E-state index in [9.17, 15) is 0 Å². The Morgan fingerprint density at radius 1 is 1.33 bits per heavy atom. The van der Waals surface area contributed by atoms with Crippen molar-refractivity contribution in [3.8, 4) is 0 Å². The molecule has 0 bridgehead atoms. The van der Waals surface area contributed by atoms with Gasteiger partial charge < -0.3 is 11.1 Å². The number of rotatable bonds is 3. The second kappa shape index (κ2) is 6.11. The molecule has 0 spiro atoms. The minimum Gasteiger partial charge on any atom is -0.326 e. The van der Waals surface area contributed by atoms with Crippen LogP contribution in [-0.4, -0.2) is 18.6 Å². The van der Waals surface area contributed by atoms with Crippen LogP contribution in [-0.2, 0) is 6.42 Å². The zero-order chi connectivity index (χ0) is 9.80. The lowest BCUT2D eigenvalue weighted by molar-refractivity contribution is 0.481. The number of nitrogens with one attached hydrogen (secondary N) is 1. The molecule has 0 aliphatic carbocycles. The lowest BCUT2D eigenvalue weighted by Gasteiger charge is -2.19. The first-order valence-corrected chi connectivity index (χ1v) is 5.39. The molecule has 1 aromatic carbocycles. The van der Waals surface area contributed by atoms with Crippen molar-refractivity contribution in [2.45, 2.75) is 31.3 Å². The Morgan fingerprint density at radius 3 is 2.67 bits per heavy atom. The molecule has 1 heterocycles. The number of nitrogens with two attached hydrogens (primary N) is 1. The molecular weight excluding hydrogens is 208 g/mol. The lowest BCUT2D eigenvalue weighted by atomic mass is 9.99. The maximum atomic E-state index is 6.15. The SMILES string of the molecule is Cl.NC(Cc1ccccc1)C1CCCN1. The van der Waals surface area contributed by atoms with E-state index in [0.29, 0.717) is 6.04 Å². The summed E-state index contributed by atoms with van der Waals surface area (Å²) in [6.07, 6.45) is 3.49. The largest absolute Gasteiger partial charge is 0.326 e. The van der Waals surface area contributed by atoms with Gasteiger partial charge in [-0.15, -0.1) is 12.4 Å². The van der Waals surface area contributed by atoms with Gasteiger partial charge in [-0.1, -0.05) is 30.3 Å². The molecule has 1 saturated heterocycles. The van der Waals surface area contributed by atoms with Crippen molar-refractivity contribution in [2.75, 3.05) is 6.54 Å². The monoisotopic (exact) mass is 226 g/mol. The third kappa shape index (κ3) is 3.49. The molecule has 2 atom stereocenters. The summed E-state index contributed by atoms with van der Waals surface area (Å²) < 4.78 is 0. The second-order valence-corrected chi connectivity index (χ2v) is 4.06. The molecule has 0 aromatic heterocycles. The minimum absolute atomic E-state index is 0. The van der Waals surface area contributed by atoms with E-state index >= 15 is 0 Å². The summed E-state index contributed by atoms with van der Waals surface area (Å²) >= 11 is 0. The zero-order valence-electron chi connectivity index (χ0n) is 8.86. The van der Waals surface area contributed by atoms with Gasteiger partial charge in [0.05, 0.1) is 0 Å². The Labute approximate surface area is 97.7 Å². The predicted octanol–water partition coefficient (Wildman–Crippen LogP) is 1.73. The van der Waals surface area contributed by atoms with Crippen molar-refractivity contribution in [3.05, 3.63) is 35.9 Å². The van der Waals surface area contributed by atoms with Gasteiger partial charge in [-0.3, -0.25) is 0 Å². The Bertz CT molecular complexity index is 270. The maximum Gasteiger partial charge on any atom is 0.0235 e. The fourth-order valence-corrected chi connectivity index (χ4v) is 2.11. The fraction of sp³-hybridized carbons (Fsp3) is 0.500. The minimum atomic E-state index is 0. The molecule has 2 rings (SSSR count). The van der Waals surface area contributed by atoms with Gasteiger partial charge in [-0.25, -0.2) is 0 Å². The Morgan fingerprint density at radius 2 is 2.07 bits per heavy atom. The van der Waals surface area contributed by atoms with Crippen LogP contribution in [0.15, 0.2) is 30.3 Å². The summed E-state index contributed by atoms with van der Waals surface area (Å²) in [6.45, 7) is 1.13. The first kappa shape index (κ1) is 12.5. The zero-order valence-corrected chi connectivity index (χ0v) is 9.67. The van der Waals surface area contributed by atoms with Crippen LogP contribution >= 0.6 is 12.4 Å².